The molecule has 1 aromatic carbocycles. The van der Waals surface area contributed by atoms with Crippen LogP contribution in [0.2, 0.25) is 5.02 Å². The van der Waals surface area contributed by atoms with Gasteiger partial charge in [0.1, 0.15) is 5.82 Å². The van der Waals surface area contributed by atoms with E-state index in [0.29, 0.717) is 17.2 Å². The first-order valence-corrected chi connectivity index (χ1v) is 6.67. The molecule has 0 aliphatic heterocycles. The molecule has 1 N–H and O–H groups in total. The average Bonchev–Trinajstić information content (AvgIpc) is 2.81. The molecule has 5 nitrogen and oxygen atoms in total. The standard InChI is InChI=1S/C11H8ClFN2O3S/c12-7-3-6(1-2-8(7)13)11-14-9(18-15-11)4-19-5-10(16)17/h1-3H,4-5H2,(H,16,17). The Balaban J connectivity index is 2.07. The summed E-state index contributed by atoms with van der Waals surface area (Å²) in [5.41, 5.74) is 0.532. The van der Waals surface area contributed by atoms with Gasteiger partial charge in [-0.2, -0.15) is 4.98 Å². The van der Waals surface area contributed by atoms with Crippen molar-refractivity contribution in [1.29, 1.82) is 0 Å². The number of nitrogens with zero attached hydrogens (tertiary/aromatic N) is 2. The molecule has 0 bridgehead atoms. The van der Waals surface area contributed by atoms with Gasteiger partial charge in [-0.05, 0) is 18.2 Å². The zero-order valence-corrected chi connectivity index (χ0v) is 11.0. The summed E-state index contributed by atoms with van der Waals surface area (Å²) in [5.74, 6) is -0.579. The maximum atomic E-state index is 13.0. The van der Waals surface area contributed by atoms with Gasteiger partial charge in [-0.25, -0.2) is 4.39 Å². The molecule has 0 saturated heterocycles. The molecule has 0 amide bonds. The van der Waals surface area contributed by atoms with Crippen LogP contribution in [0.15, 0.2) is 22.7 Å². The fourth-order valence-electron chi connectivity index (χ4n) is 1.29. The molecule has 1 aromatic heterocycles. The Labute approximate surface area is 116 Å². The van der Waals surface area contributed by atoms with Crippen molar-refractivity contribution in [2.45, 2.75) is 5.75 Å². The van der Waals surface area contributed by atoms with Crippen LogP contribution >= 0.6 is 23.4 Å². The van der Waals surface area contributed by atoms with Crippen LogP contribution in [0, 0.1) is 5.82 Å². The Morgan fingerprint density at radius 2 is 2.32 bits per heavy atom. The molecular formula is C11H8ClFN2O3S. The van der Waals surface area contributed by atoms with Crippen LogP contribution in [0.1, 0.15) is 5.89 Å². The van der Waals surface area contributed by atoms with Crippen LogP contribution in [0.4, 0.5) is 4.39 Å². The van der Waals surface area contributed by atoms with Crippen LogP contribution in [0.25, 0.3) is 11.4 Å². The second kappa shape index (κ2) is 6.03. The van der Waals surface area contributed by atoms with E-state index < -0.39 is 11.8 Å². The van der Waals surface area contributed by atoms with Crippen LogP contribution in [0.3, 0.4) is 0 Å². The third-order valence-electron chi connectivity index (χ3n) is 2.10. The number of hydrogen-bond donors (Lipinski definition) is 1. The predicted molar refractivity (Wildman–Crippen MR) is 68.5 cm³/mol. The Morgan fingerprint density at radius 1 is 1.53 bits per heavy atom. The summed E-state index contributed by atoms with van der Waals surface area (Å²) in [6, 6.07) is 4.10. The van der Waals surface area contributed by atoms with Gasteiger partial charge in [0.2, 0.25) is 11.7 Å². The summed E-state index contributed by atoms with van der Waals surface area (Å²) in [4.78, 5) is 14.4. The average molecular weight is 303 g/mol. The normalized spacial score (nSPS) is 10.6. The number of carboxylic acids is 1. The molecule has 2 aromatic rings. The van der Waals surface area contributed by atoms with E-state index in [2.05, 4.69) is 10.1 Å². The minimum Gasteiger partial charge on any atom is -0.481 e. The topological polar surface area (TPSA) is 76.2 Å². The molecule has 8 heteroatoms. The van der Waals surface area contributed by atoms with E-state index in [4.69, 9.17) is 21.2 Å². The number of carboxylic acid groups (broad SMARTS) is 1. The van der Waals surface area contributed by atoms with Crippen molar-refractivity contribution in [3.63, 3.8) is 0 Å². The van der Waals surface area contributed by atoms with Gasteiger partial charge in [-0.3, -0.25) is 4.79 Å². The lowest BCUT2D eigenvalue weighted by molar-refractivity contribution is -0.133. The highest BCUT2D eigenvalue weighted by Crippen LogP contribution is 2.23. The van der Waals surface area contributed by atoms with Crippen LogP contribution < -0.4 is 0 Å². The number of thioether (sulfide) groups is 1. The Kier molecular flexibility index (Phi) is 4.39. The van der Waals surface area contributed by atoms with Crippen LogP contribution in [0.5, 0.6) is 0 Å². The third kappa shape index (κ3) is 3.68. The number of rotatable bonds is 5. The maximum Gasteiger partial charge on any atom is 0.313 e. The minimum atomic E-state index is -0.907. The molecule has 0 spiro atoms. The van der Waals surface area contributed by atoms with Gasteiger partial charge >= 0.3 is 5.97 Å². The molecule has 2 rings (SSSR count). The van der Waals surface area contributed by atoms with E-state index in [1.165, 1.54) is 18.2 Å². The molecular weight excluding hydrogens is 295 g/mol. The minimum absolute atomic E-state index is 0.0240. The van der Waals surface area contributed by atoms with Crippen LogP contribution in [-0.4, -0.2) is 27.0 Å². The number of aromatic nitrogens is 2. The smallest absolute Gasteiger partial charge is 0.313 e. The summed E-state index contributed by atoms with van der Waals surface area (Å²) < 4.78 is 18.0. The second-order valence-electron chi connectivity index (χ2n) is 3.53. The van der Waals surface area contributed by atoms with Gasteiger partial charge in [0.25, 0.3) is 0 Å². The van der Waals surface area contributed by atoms with Crippen LogP contribution in [-0.2, 0) is 10.5 Å². The summed E-state index contributed by atoms with van der Waals surface area (Å²) in [5, 5.41) is 12.2. The molecule has 0 radical (unpaired) electrons. The fraction of sp³-hybridized carbons (Fsp3) is 0.182. The first-order valence-electron chi connectivity index (χ1n) is 5.14. The third-order valence-corrected chi connectivity index (χ3v) is 3.29. The zero-order valence-electron chi connectivity index (χ0n) is 9.47. The number of carbonyl (C=O) groups is 1. The highest BCUT2D eigenvalue weighted by atomic mass is 35.5. The molecule has 0 saturated carbocycles. The Hall–Kier alpha value is -1.60. The van der Waals surface area contributed by atoms with Crippen molar-refractivity contribution in [2.24, 2.45) is 0 Å². The summed E-state index contributed by atoms with van der Waals surface area (Å²) in [6.45, 7) is 0. The second-order valence-corrected chi connectivity index (χ2v) is 4.92. The number of hydrogen-bond acceptors (Lipinski definition) is 5. The van der Waals surface area contributed by atoms with E-state index in [9.17, 15) is 9.18 Å². The number of halogens is 2. The fourth-order valence-corrected chi connectivity index (χ4v) is 2.04. The van der Waals surface area contributed by atoms with Gasteiger partial charge in [-0.15, -0.1) is 11.8 Å². The van der Waals surface area contributed by atoms with Crippen molar-refractivity contribution in [3.05, 3.63) is 34.9 Å². The maximum absolute atomic E-state index is 13.0. The van der Waals surface area contributed by atoms with Crippen molar-refractivity contribution in [3.8, 4) is 11.4 Å². The van der Waals surface area contributed by atoms with E-state index in [1.807, 2.05) is 0 Å². The Bertz CT molecular complexity index is 605. The highest BCUT2D eigenvalue weighted by molar-refractivity contribution is 7.99. The first-order chi connectivity index (χ1) is 9.06. The number of benzene rings is 1. The van der Waals surface area contributed by atoms with E-state index in [0.717, 1.165) is 11.8 Å². The quantitative estimate of drug-likeness (QED) is 0.915. The van der Waals surface area contributed by atoms with Gasteiger partial charge in [0, 0.05) is 5.56 Å². The summed E-state index contributed by atoms with van der Waals surface area (Å²) >= 11 is 6.81. The summed E-state index contributed by atoms with van der Waals surface area (Å²) in [6.07, 6.45) is 0. The monoisotopic (exact) mass is 302 g/mol. The molecule has 0 atom stereocenters. The highest BCUT2D eigenvalue weighted by Gasteiger charge is 2.11. The van der Waals surface area contributed by atoms with Gasteiger partial charge < -0.3 is 9.63 Å². The molecule has 100 valence electrons. The van der Waals surface area contributed by atoms with Gasteiger partial charge in [0.15, 0.2) is 0 Å². The van der Waals surface area contributed by atoms with Crippen molar-refractivity contribution >= 4 is 29.3 Å². The number of aliphatic carboxylic acids is 1. The zero-order chi connectivity index (χ0) is 13.8. The summed E-state index contributed by atoms with van der Waals surface area (Å²) in [7, 11) is 0. The Morgan fingerprint density at radius 3 is 3.00 bits per heavy atom. The van der Waals surface area contributed by atoms with Crippen molar-refractivity contribution < 1.29 is 18.8 Å². The molecule has 19 heavy (non-hydrogen) atoms. The van der Waals surface area contributed by atoms with Crippen molar-refractivity contribution in [2.75, 3.05) is 5.75 Å². The predicted octanol–water partition coefficient (Wildman–Crippen LogP) is 2.85. The van der Waals surface area contributed by atoms with Crippen molar-refractivity contribution in [1.82, 2.24) is 10.1 Å². The molecule has 0 aliphatic rings. The molecule has 1 heterocycles. The molecule has 0 aliphatic carbocycles. The molecule has 0 fully saturated rings. The largest absolute Gasteiger partial charge is 0.481 e. The van der Waals surface area contributed by atoms with E-state index in [-0.39, 0.29) is 16.6 Å². The van der Waals surface area contributed by atoms with Gasteiger partial charge in [0.05, 0.1) is 16.5 Å². The SMILES string of the molecule is O=C(O)CSCc1nc(-c2ccc(F)c(Cl)c2)no1. The lowest BCUT2D eigenvalue weighted by Crippen LogP contribution is -1.98. The lowest BCUT2D eigenvalue weighted by atomic mass is 10.2. The first kappa shape index (κ1) is 13.8. The van der Waals surface area contributed by atoms with E-state index in [1.54, 1.807) is 0 Å². The molecule has 0 unspecified atom stereocenters. The van der Waals surface area contributed by atoms with E-state index >= 15 is 0 Å². The lowest BCUT2D eigenvalue weighted by Gasteiger charge is -1.96. The van der Waals surface area contributed by atoms with Gasteiger partial charge in [-0.1, -0.05) is 16.8 Å².